The van der Waals surface area contributed by atoms with Gasteiger partial charge >= 0.3 is 0 Å². The Kier molecular flexibility index (Phi) is 5.14. The predicted octanol–water partition coefficient (Wildman–Crippen LogP) is 1.97. The predicted molar refractivity (Wildman–Crippen MR) is 87.2 cm³/mol. The lowest BCUT2D eigenvalue weighted by Crippen LogP contribution is -2.42. The normalized spacial score (nSPS) is 18.0. The Morgan fingerprint density at radius 2 is 1.86 bits per heavy atom. The standard InChI is InChI=1S/C14H22ClN3O2S/c1-12-13(15)6-4-7-14(12)17-8-5-9-18(11-10-17)21(19,20)16(2)3/h4,6-7H,5,8-11H2,1-3H3. The van der Waals surface area contributed by atoms with Crippen molar-refractivity contribution in [3.05, 3.63) is 28.8 Å². The molecule has 5 nitrogen and oxygen atoms in total. The smallest absolute Gasteiger partial charge is 0.281 e. The maximum Gasteiger partial charge on any atom is 0.281 e. The minimum Gasteiger partial charge on any atom is -0.370 e. The van der Waals surface area contributed by atoms with Gasteiger partial charge in [-0.05, 0) is 31.0 Å². The Balaban J connectivity index is 2.17. The van der Waals surface area contributed by atoms with Crippen LogP contribution in [0.2, 0.25) is 5.02 Å². The monoisotopic (exact) mass is 331 g/mol. The maximum atomic E-state index is 12.2. The van der Waals surface area contributed by atoms with E-state index in [2.05, 4.69) is 4.90 Å². The van der Waals surface area contributed by atoms with Crippen LogP contribution in [0.1, 0.15) is 12.0 Å². The number of halogens is 1. The summed E-state index contributed by atoms with van der Waals surface area (Å²) in [5.41, 5.74) is 2.13. The first kappa shape index (κ1) is 16.5. The molecule has 1 aliphatic heterocycles. The van der Waals surface area contributed by atoms with Gasteiger partial charge in [0.15, 0.2) is 0 Å². The molecule has 1 heterocycles. The SMILES string of the molecule is Cc1c(Cl)cccc1N1CCCN(S(=O)(=O)N(C)C)CC1. The second-order valence-corrected chi connectivity index (χ2v) is 7.96. The number of anilines is 1. The molecule has 0 aromatic heterocycles. The quantitative estimate of drug-likeness (QED) is 0.850. The van der Waals surface area contributed by atoms with Crippen LogP contribution in [0, 0.1) is 6.92 Å². The molecule has 0 aliphatic carbocycles. The van der Waals surface area contributed by atoms with Crippen molar-refractivity contribution in [3.63, 3.8) is 0 Å². The number of rotatable bonds is 3. The van der Waals surface area contributed by atoms with Crippen molar-refractivity contribution in [2.24, 2.45) is 0 Å². The minimum atomic E-state index is -3.33. The van der Waals surface area contributed by atoms with E-state index < -0.39 is 10.2 Å². The number of hydrogen-bond donors (Lipinski definition) is 0. The molecule has 0 saturated carbocycles. The van der Waals surface area contributed by atoms with Gasteiger partial charge < -0.3 is 4.90 Å². The van der Waals surface area contributed by atoms with Crippen LogP contribution >= 0.6 is 11.6 Å². The molecule has 0 N–H and O–H groups in total. The lowest BCUT2D eigenvalue weighted by atomic mass is 10.1. The van der Waals surface area contributed by atoms with Crippen molar-refractivity contribution >= 4 is 27.5 Å². The Labute approximate surface area is 132 Å². The van der Waals surface area contributed by atoms with Gasteiger partial charge in [-0.2, -0.15) is 17.0 Å². The summed E-state index contributed by atoms with van der Waals surface area (Å²) in [5, 5.41) is 0.745. The molecule has 118 valence electrons. The Bertz CT molecular complexity index is 604. The number of benzene rings is 1. The molecule has 0 atom stereocenters. The Morgan fingerprint density at radius 3 is 2.52 bits per heavy atom. The average molecular weight is 332 g/mol. The topological polar surface area (TPSA) is 43.9 Å². The molecule has 21 heavy (non-hydrogen) atoms. The van der Waals surface area contributed by atoms with E-state index in [1.165, 1.54) is 4.31 Å². The highest BCUT2D eigenvalue weighted by Crippen LogP contribution is 2.27. The van der Waals surface area contributed by atoms with Crippen molar-refractivity contribution in [1.29, 1.82) is 0 Å². The maximum absolute atomic E-state index is 12.2. The molecular formula is C14H22ClN3O2S. The van der Waals surface area contributed by atoms with Crippen molar-refractivity contribution in [1.82, 2.24) is 8.61 Å². The molecular weight excluding hydrogens is 310 g/mol. The Morgan fingerprint density at radius 1 is 1.14 bits per heavy atom. The minimum absolute atomic E-state index is 0.493. The molecule has 1 saturated heterocycles. The van der Waals surface area contributed by atoms with Gasteiger partial charge in [0, 0.05) is 51.0 Å². The van der Waals surface area contributed by atoms with Crippen LogP contribution in [0.5, 0.6) is 0 Å². The van der Waals surface area contributed by atoms with Crippen LogP contribution in [0.15, 0.2) is 18.2 Å². The molecule has 1 aromatic carbocycles. The highest BCUT2D eigenvalue weighted by Gasteiger charge is 2.27. The molecule has 0 radical (unpaired) electrons. The first-order valence-corrected chi connectivity index (χ1v) is 8.79. The lowest BCUT2D eigenvalue weighted by Gasteiger charge is -2.26. The summed E-state index contributed by atoms with van der Waals surface area (Å²) in [6, 6.07) is 5.85. The van der Waals surface area contributed by atoms with Crippen molar-refractivity contribution in [3.8, 4) is 0 Å². The second-order valence-electron chi connectivity index (χ2n) is 5.41. The van der Waals surface area contributed by atoms with E-state index in [0.29, 0.717) is 19.6 Å². The third kappa shape index (κ3) is 3.51. The van der Waals surface area contributed by atoms with Gasteiger partial charge in [0.2, 0.25) is 0 Å². The van der Waals surface area contributed by atoms with E-state index in [1.54, 1.807) is 18.4 Å². The summed E-state index contributed by atoms with van der Waals surface area (Å²) >= 11 is 6.18. The summed E-state index contributed by atoms with van der Waals surface area (Å²) in [7, 11) is -0.196. The highest BCUT2D eigenvalue weighted by atomic mass is 35.5. The fraction of sp³-hybridized carbons (Fsp3) is 0.571. The van der Waals surface area contributed by atoms with Gasteiger partial charge in [-0.25, -0.2) is 0 Å². The first-order valence-electron chi connectivity index (χ1n) is 7.01. The summed E-state index contributed by atoms with van der Waals surface area (Å²) < 4.78 is 27.2. The van der Waals surface area contributed by atoms with Crippen molar-refractivity contribution in [2.45, 2.75) is 13.3 Å². The van der Waals surface area contributed by atoms with Crippen LogP contribution in [0.25, 0.3) is 0 Å². The number of nitrogens with zero attached hydrogens (tertiary/aromatic N) is 3. The van der Waals surface area contributed by atoms with Gasteiger partial charge in [0.25, 0.3) is 10.2 Å². The van der Waals surface area contributed by atoms with E-state index in [9.17, 15) is 8.42 Å². The van der Waals surface area contributed by atoms with E-state index in [1.807, 2.05) is 25.1 Å². The van der Waals surface area contributed by atoms with Crippen LogP contribution in [-0.2, 0) is 10.2 Å². The van der Waals surface area contributed by atoms with Gasteiger partial charge in [-0.1, -0.05) is 17.7 Å². The lowest BCUT2D eigenvalue weighted by molar-refractivity contribution is 0.391. The zero-order valence-electron chi connectivity index (χ0n) is 12.7. The molecule has 0 unspecified atom stereocenters. The van der Waals surface area contributed by atoms with Crippen LogP contribution in [0.4, 0.5) is 5.69 Å². The van der Waals surface area contributed by atoms with Crippen LogP contribution < -0.4 is 4.90 Å². The molecule has 2 rings (SSSR count). The van der Waals surface area contributed by atoms with E-state index in [4.69, 9.17) is 11.6 Å². The largest absolute Gasteiger partial charge is 0.370 e. The zero-order chi connectivity index (χ0) is 15.6. The second kappa shape index (κ2) is 6.52. The first-order chi connectivity index (χ1) is 9.84. The van der Waals surface area contributed by atoms with Gasteiger partial charge in [-0.3, -0.25) is 0 Å². The number of hydrogen-bond acceptors (Lipinski definition) is 3. The third-order valence-corrected chi connectivity index (χ3v) is 6.17. The zero-order valence-corrected chi connectivity index (χ0v) is 14.3. The summed E-state index contributed by atoms with van der Waals surface area (Å²) in [4.78, 5) is 2.21. The summed E-state index contributed by atoms with van der Waals surface area (Å²) in [6.45, 7) is 4.55. The van der Waals surface area contributed by atoms with E-state index in [0.717, 1.165) is 29.2 Å². The highest BCUT2D eigenvalue weighted by molar-refractivity contribution is 7.86. The van der Waals surface area contributed by atoms with Crippen LogP contribution in [-0.4, -0.2) is 57.3 Å². The molecule has 0 amide bonds. The summed E-state index contributed by atoms with van der Waals surface area (Å²) in [5.74, 6) is 0. The molecule has 1 fully saturated rings. The Hall–Kier alpha value is -0.820. The van der Waals surface area contributed by atoms with Gasteiger partial charge in [0.1, 0.15) is 0 Å². The summed E-state index contributed by atoms with van der Waals surface area (Å²) in [6.07, 6.45) is 0.805. The van der Waals surface area contributed by atoms with Gasteiger partial charge in [0.05, 0.1) is 0 Å². The fourth-order valence-corrected chi connectivity index (χ4v) is 3.84. The van der Waals surface area contributed by atoms with E-state index >= 15 is 0 Å². The fourth-order valence-electron chi connectivity index (χ4n) is 2.54. The third-order valence-electron chi connectivity index (χ3n) is 3.82. The molecule has 0 bridgehead atoms. The van der Waals surface area contributed by atoms with E-state index in [-0.39, 0.29) is 0 Å². The van der Waals surface area contributed by atoms with Gasteiger partial charge in [-0.15, -0.1) is 0 Å². The van der Waals surface area contributed by atoms with Crippen LogP contribution in [0.3, 0.4) is 0 Å². The molecule has 1 aliphatic rings. The average Bonchev–Trinajstić information content (AvgIpc) is 2.68. The molecule has 0 spiro atoms. The van der Waals surface area contributed by atoms with Crippen molar-refractivity contribution in [2.75, 3.05) is 45.2 Å². The van der Waals surface area contributed by atoms with Crippen molar-refractivity contribution < 1.29 is 8.42 Å². The molecule has 1 aromatic rings. The molecule has 7 heteroatoms.